The van der Waals surface area contributed by atoms with Crippen LogP contribution in [0.25, 0.3) is 0 Å². The summed E-state index contributed by atoms with van der Waals surface area (Å²) in [5.41, 5.74) is 0.0146. The summed E-state index contributed by atoms with van der Waals surface area (Å²) in [5, 5.41) is 2.93. The number of ether oxygens (including phenoxy) is 1. The maximum Gasteiger partial charge on any atom is 0.307 e. The van der Waals surface area contributed by atoms with Crippen LogP contribution in [0.5, 0.6) is 0 Å². The molecule has 2 saturated carbocycles. The Balaban J connectivity index is 1.67. The SMILES string of the molecule is C#CCC1(COC(=O)CC(C)NC(=O)C2CCCC2)CCC1. The number of hydrogen-bond donors (Lipinski definition) is 1. The Bertz CT molecular complexity index is 442. The number of nitrogens with one attached hydrogen (secondary N) is 1. The van der Waals surface area contributed by atoms with Crippen LogP contribution < -0.4 is 5.32 Å². The molecule has 122 valence electrons. The van der Waals surface area contributed by atoms with Gasteiger partial charge < -0.3 is 10.1 Å². The van der Waals surface area contributed by atoms with Gasteiger partial charge in [-0.1, -0.05) is 19.3 Å². The second-order valence-corrected chi connectivity index (χ2v) is 6.99. The van der Waals surface area contributed by atoms with Crippen molar-refractivity contribution >= 4 is 11.9 Å². The van der Waals surface area contributed by atoms with Gasteiger partial charge >= 0.3 is 5.97 Å². The van der Waals surface area contributed by atoms with Crippen molar-refractivity contribution in [3.05, 3.63) is 0 Å². The largest absolute Gasteiger partial charge is 0.465 e. The van der Waals surface area contributed by atoms with Gasteiger partial charge in [0.2, 0.25) is 5.91 Å². The van der Waals surface area contributed by atoms with Crippen molar-refractivity contribution in [2.45, 2.75) is 70.8 Å². The minimum atomic E-state index is -0.248. The van der Waals surface area contributed by atoms with Gasteiger partial charge in [-0.3, -0.25) is 9.59 Å². The molecule has 1 atom stereocenters. The molecule has 0 radical (unpaired) electrons. The maximum atomic E-state index is 12.0. The van der Waals surface area contributed by atoms with Gasteiger partial charge in [0.1, 0.15) is 0 Å². The molecule has 1 unspecified atom stereocenters. The summed E-state index contributed by atoms with van der Waals surface area (Å²) in [6.45, 7) is 2.27. The number of rotatable bonds is 7. The molecule has 0 heterocycles. The van der Waals surface area contributed by atoms with E-state index >= 15 is 0 Å². The van der Waals surface area contributed by atoms with E-state index < -0.39 is 0 Å². The van der Waals surface area contributed by atoms with E-state index in [0.29, 0.717) is 13.0 Å². The Morgan fingerprint density at radius 1 is 1.32 bits per heavy atom. The molecule has 4 nitrogen and oxygen atoms in total. The summed E-state index contributed by atoms with van der Waals surface area (Å²) >= 11 is 0. The van der Waals surface area contributed by atoms with E-state index in [-0.39, 0.29) is 35.7 Å². The molecule has 0 bridgehead atoms. The van der Waals surface area contributed by atoms with Crippen LogP contribution >= 0.6 is 0 Å². The maximum absolute atomic E-state index is 12.0. The molecule has 0 aliphatic heterocycles. The van der Waals surface area contributed by atoms with E-state index in [1.165, 1.54) is 0 Å². The molecule has 1 N–H and O–H groups in total. The van der Waals surface area contributed by atoms with Gasteiger partial charge in [0.05, 0.1) is 13.0 Å². The first kappa shape index (κ1) is 16.9. The minimum absolute atomic E-state index is 0.0146. The van der Waals surface area contributed by atoms with E-state index in [2.05, 4.69) is 11.2 Å². The number of amides is 1. The first-order valence-corrected chi connectivity index (χ1v) is 8.44. The van der Waals surface area contributed by atoms with Crippen molar-refractivity contribution in [1.29, 1.82) is 0 Å². The van der Waals surface area contributed by atoms with Gasteiger partial charge in [-0.15, -0.1) is 12.3 Å². The van der Waals surface area contributed by atoms with Gasteiger partial charge in [0.15, 0.2) is 0 Å². The number of carbonyl (C=O) groups is 2. The molecular weight excluding hydrogens is 278 g/mol. The van der Waals surface area contributed by atoms with E-state index in [4.69, 9.17) is 11.2 Å². The smallest absolute Gasteiger partial charge is 0.307 e. The molecule has 0 saturated heterocycles. The third-order valence-corrected chi connectivity index (χ3v) is 5.02. The average molecular weight is 305 g/mol. The minimum Gasteiger partial charge on any atom is -0.465 e. The quantitative estimate of drug-likeness (QED) is 0.581. The molecule has 1 amide bonds. The molecule has 22 heavy (non-hydrogen) atoms. The molecule has 2 aliphatic rings. The summed E-state index contributed by atoms with van der Waals surface area (Å²) in [5.74, 6) is 2.65. The highest BCUT2D eigenvalue weighted by molar-refractivity contribution is 5.80. The molecule has 0 aromatic rings. The zero-order valence-corrected chi connectivity index (χ0v) is 13.5. The second-order valence-electron chi connectivity index (χ2n) is 6.99. The first-order valence-electron chi connectivity index (χ1n) is 8.44. The Kier molecular flexibility index (Phi) is 5.88. The Morgan fingerprint density at radius 2 is 2.00 bits per heavy atom. The summed E-state index contributed by atoms with van der Waals surface area (Å²) in [6, 6.07) is -0.175. The van der Waals surface area contributed by atoms with Crippen LogP contribution in [-0.4, -0.2) is 24.5 Å². The zero-order valence-electron chi connectivity index (χ0n) is 13.5. The lowest BCUT2D eigenvalue weighted by atomic mass is 9.67. The third kappa shape index (κ3) is 4.50. The van der Waals surface area contributed by atoms with Gasteiger partial charge in [-0.2, -0.15) is 0 Å². The molecule has 2 fully saturated rings. The fourth-order valence-electron chi connectivity index (χ4n) is 3.41. The standard InChI is InChI=1S/C18H27NO3/c1-3-9-18(10-6-11-18)13-22-16(20)12-14(2)19-17(21)15-7-4-5-8-15/h1,14-15H,4-13H2,2H3,(H,19,21). The van der Waals surface area contributed by atoms with Gasteiger partial charge in [-0.25, -0.2) is 0 Å². The van der Waals surface area contributed by atoms with Crippen LogP contribution in [-0.2, 0) is 14.3 Å². The van der Waals surface area contributed by atoms with Crippen LogP contribution in [0.15, 0.2) is 0 Å². The summed E-state index contributed by atoms with van der Waals surface area (Å²) in [7, 11) is 0. The number of hydrogen-bond acceptors (Lipinski definition) is 3. The molecular formula is C18H27NO3. The molecule has 0 spiro atoms. The molecule has 4 heteroatoms. The number of esters is 1. The third-order valence-electron chi connectivity index (χ3n) is 5.02. The zero-order chi connectivity index (χ0) is 16.0. The lowest BCUT2D eigenvalue weighted by Gasteiger charge is -2.39. The lowest BCUT2D eigenvalue weighted by Crippen LogP contribution is -2.39. The molecule has 2 aliphatic carbocycles. The number of terminal acetylenes is 1. The average Bonchev–Trinajstić information content (AvgIpc) is 2.95. The van der Waals surface area contributed by atoms with Crippen molar-refractivity contribution in [2.24, 2.45) is 11.3 Å². The second kappa shape index (κ2) is 7.67. The van der Waals surface area contributed by atoms with Crippen molar-refractivity contribution in [3.8, 4) is 12.3 Å². The van der Waals surface area contributed by atoms with E-state index in [1.54, 1.807) is 0 Å². The van der Waals surface area contributed by atoms with Crippen molar-refractivity contribution in [2.75, 3.05) is 6.61 Å². The highest BCUT2D eigenvalue weighted by atomic mass is 16.5. The van der Waals surface area contributed by atoms with Gasteiger partial charge in [0, 0.05) is 23.8 Å². The van der Waals surface area contributed by atoms with Crippen LogP contribution in [0, 0.1) is 23.7 Å². The molecule has 0 aromatic carbocycles. The van der Waals surface area contributed by atoms with Gasteiger partial charge in [-0.05, 0) is 32.6 Å². The topological polar surface area (TPSA) is 55.4 Å². The molecule has 0 aromatic heterocycles. The summed E-state index contributed by atoms with van der Waals surface area (Å²) < 4.78 is 5.39. The Labute approximate surface area is 133 Å². The van der Waals surface area contributed by atoms with Crippen molar-refractivity contribution < 1.29 is 14.3 Å². The van der Waals surface area contributed by atoms with E-state index in [1.807, 2.05) is 6.92 Å². The van der Waals surface area contributed by atoms with E-state index in [0.717, 1.165) is 44.9 Å². The monoisotopic (exact) mass is 305 g/mol. The normalized spacial score (nSPS) is 21.5. The molecule has 2 rings (SSSR count). The first-order chi connectivity index (χ1) is 10.5. The summed E-state index contributed by atoms with van der Waals surface area (Å²) in [4.78, 5) is 23.9. The highest BCUT2D eigenvalue weighted by Crippen LogP contribution is 2.43. The fourth-order valence-corrected chi connectivity index (χ4v) is 3.41. The highest BCUT2D eigenvalue weighted by Gasteiger charge is 2.37. The Morgan fingerprint density at radius 3 is 2.55 bits per heavy atom. The van der Waals surface area contributed by atoms with Crippen LogP contribution in [0.4, 0.5) is 0 Å². The summed E-state index contributed by atoms with van der Waals surface area (Å²) in [6.07, 6.45) is 13.7. The fraction of sp³-hybridized carbons (Fsp3) is 0.778. The number of carbonyl (C=O) groups excluding carboxylic acids is 2. The van der Waals surface area contributed by atoms with Crippen molar-refractivity contribution in [1.82, 2.24) is 5.32 Å². The Hall–Kier alpha value is -1.50. The van der Waals surface area contributed by atoms with Crippen molar-refractivity contribution in [3.63, 3.8) is 0 Å². The lowest BCUT2D eigenvalue weighted by molar-refractivity contribution is -0.150. The van der Waals surface area contributed by atoms with Crippen LogP contribution in [0.3, 0.4) is 0 Å². The predicted octanol–water partition coefficient (Wildman–Crippen LogP) is 2.81. The predicted molar refractivity (Wildman–Crippen MR) is 84.9 cm³/mol. The van der Waals surface area contributed by atoms with Crippen LogP contribution in [0.1, 0.15) is 64.7 Å². The van der Waals surface area contributed by atoms with Crippen LogP contribution in [0.2, 0.25) is 0 Å². The van der Waals surface area contributed by atoms with E-state index in [9.17, 15) is 9.59 Å². The van der Waals surface area contributed by atoms with Gasteiger partial charge in [0.25, 0.3) is 0 Å².